The molecule has 2 aliphatic rings. The number of anilines is 1. The third kappa shape index (κ3) is 2.38. The average Bonchev–Trinajstić information content (AvgIpc) is 3.21. The number of guanidine groups is 1. The predicted molar refractivity (Wildman–Crippen MR) is 100 cm³/mol. The minimum Gasteiger partial charge on any atom is -0.496 e. The molecule has 0 atom stereocenters. The van der Waals surface area contributed by atoms with Crippen LogP contribution in [0.15, 0.2) is 23.2 Å². The summed E-state index contributed by atoms with van der Waals surface area (Å²) in [5.74, 6) is 3.14. The van der Waals surface area contributed by atoms with E-state index in [4.69, 9.17) is 9.72 Å². The van der Waals surface area contributed by atoms with Gasteiger partial charge in [-0.2, -0.15) is 0 Å². The fourth-order valence-corrected chi connectivity index (χ4v) is 3.73. The lowest BCUT2D eigenvalue weighted by Crippen LogP contribution is -2.50. The van der Waals surface area contributed by atoms with Crippen molar-refractivity contribution in [2.24, 2.45) is 4.99 Å². The molecule has 136 valence electrons. The van der Waals surface area contributed by atoms with Gasteiger partial charge in [0, 0.05) is 19.6 Å². The monoisotopic (exact) mass is 353 g/mol. The molecule has 1 amide bonds. The topological polar surface area (TPSA) is 63.0 Å². The second kappa shape index (κ2) is 6.16. The van der Waals surface area contributed by atoms with Gasteiger partial charge in [-0.05, 0) is 38.0 Å². The molecular formula is C19H23N5O2. The number of amides is 1. The Hall–Kier alpha value is -2.83. The van der Waals surface area contributed by atoms with Gasteiger partial charge in [0.2, 0.25) is 5.96 Å². The number of benzene rings is 1. The second-order valence-electron chi connectivity index (χ2n) is 6.60. The Kier molecular flexibility index (Phi) is 3.94. The molecular weight excluding hydrogens is 330 g/mol. The first kappa shape index (κ1) is 16.6. The van der Waals surface area contributed by atoms with Crippen molar-refractivity contribution < 1.29 is 9.53 Å². The van der Waals surface area contributed by atoms with Crippen LogP contribution >= 0.6 is 0 Å². The van der Waals surface area contributed by atoms with E-state index in [1.165, 1.54) is 0 Å². The zero-order chi connectivity index (χ0) is 18.4. The van der Waals surface area contributed by atoms with Crippen LogP contribution in [0.2, 0.25) is 0 Å². The number of aliphatic imine (C=N–C) groups is 1. The zero-order valence-corrected chi connectivity index (χ0v) is 15.6. The largest absolute Gasteiger partial charge is 0.496 e. The van der Waals surface area contributed by atoms with Crippen molar-refractivity contribution in [2.75, 3.05) is 31.6 Å². The van der Waals surface area contributed by atoms with Gasteiger partial charge in [-0.15, -0.1) is 0 Å². The van der Waals surface area contributed by atoms with Gasteiger partial charge in [0.05, 0.1) is 13.7 Å². The normalized spacial score (nSPS) is 15.8. The quantitative estimate of drug-likeness (QED) is 0.845. The van der Waals surface area contributed by atoms with E-state index < -0.39 is 0 Å². The number of hydrogen-bond acceptors (Lipinski definition) is 5. The Morgan fingerprint density at radius 3 is 2.77 bits per heavy atom. The maximum atomic E-state index is 13.1. The number of carbonyl (C=O) groups is 1. The number of hydrogen-bond donors (Lipinski definition) is 0. The van der Waals surface area contributed by atoms with Gasteiger partial charge in [-0.1, -0.05) is 12.1 Å². The van der Waals surface area contributed by atoms with Crippen LogP contribution in [0.1, 0.15) is 34.4 Å². The molecule has 1 aromatic heterocycles. The molecule has 0 bridgehead atoms. The van der Waals surface area contributed by atoms with Gasteiger partial charge in [0.15, 0.2) is 11.5 Å². The maximum absolute atomic E-state index is 13.1. The Bertz CT molecular complexity index is 915. The van der Waals surface area contributed by atoms with E-state index in [9.17, 15) is 4.79 Å². The van der Waals surface area contributed by atoms with Crippen molar-refractivity contribution in [3.63, 3.8) is 0 Å². The van der Waals surface area contributed by atoms with Crippen molar-refractivity contribution in [1.82, 2.24) is 14.5 Å². The highest BCUT2D eigenvalue weighted by atomic mass is 16.5. The average molecular weight is 353 g/mol. The number of nitrogens with zero attached hydrogens (tertiary/aromatic N) is 5. The number of aryl methyl sites for hydroxylation is 2. The minimum atomic E-state index is -0.0229. The number of imidazole rings is 1. The highest BCUT2D eigenvalue weighted by molar-refractivity contribution is 6.18. The Morgan fingerprint density at radius 2 is 2.08 bits per heavy atom. The highest BCUT2D eigenvalue weighted by Crippen LogP contribution is 2.31. The summed E-state index contributed by atoms with van der Waals surface area (Å²) in [7, 11) is 1.67. The van der Waals surface area contributed by atoms with Crippen LogP contribution in [0.3, 0.4) is 0 Å². The van der Waals surface area contributed by atoms with Gasteiger partial charge in [-0.3, -0.25) is 19.6 Å². The molecule has 1 aromatic carbocycles. The third-order valence-electron chi connectivity index (χ3n) is 5.02. The zero-order valence-electron chi connectivity index (χ0n) is 15.6. The summed E-state index contributed by atoms with van der Waals surface area (Å²) >= 11 is 0. The molecule has 3 heterocycles. The molecule has 0 spiro atoms. The van der Waals surface area contributed by atoms with Gasteiger partial charge in [0.1, 0.15) is 11.6 Å². The molecule has 0 radical (unpaired) electrons. The Morgan fingerprint density at radius 1 is 1.27 bits per heavy atom. The van der Waals surface area contributed by atoms with Crippen molar-refractivity contribution in [2.45, 2.75) is 27.3 Å². The smallest absolute Gasteiger partial charge is 0.281 e. The highest BCUT2D eigenvalue weighted by Gasteiger charge is 2.40. The molecule has 2 aliphatic heterocycles. The molecule has 0 unspecified atom stereocenters. The van der Waals surface area contributed by atoms with Gasteiger partial charge >= 0.3 is 0 Å². The lowest BCUT2D eigenvalue weighted by Gasteiger charge is -2.32. The molecule has 0 fully saturated rings. The first-order valence-corrected chi connectivity index (χ1v) is 8.89. The van der Waals surface area contributed by atoms with Gasteiger partial charge in [0.25, 0.3) is 5.91 Å². The SMILES string of the molecule is CCN1C(=O)c2c(nc(C)n2Cc2ccc(OC)c(C)c2)N2CCN=C12. The van der Waals surface area contributed by atoms with Gasteiger partial charge in [-0.25, -0.2) is 4.98 Å². The number of rotatable bonds is 4. The first-order valence-electron chi connectivity index (χ1n) is 8.89. The van der Waals surface area contributed by atoms with Gasteiger partial charge < -0.3 is 9.30 Å². The summed E-state index contributed by atoms with van der Waals surface area (Å²) in [4.78, 5) is 26.1. The van der Waals surface area contributed by atoms with Crippen LogP contribution in [0, 0.1) is 13.8 Å². The van der Waals surface area contributed by atoms with Crippen molar-refractivity contribution >= 4 is 17.7 Å². The Labute approximate surface area is 152 Å². The summed E-state index contributed by atoms with van der Waals surface area (Å²) in [5.41, 5.74) is 2.84. The fourth-order valence-electron chi connectivity index (χ4n) is 3.73. The summed E-state index contributed by atoms with van der Waals surface area (Å²) < 4.78 is 7.35. The lowest BCUT2D eigenvalue weighted by molar-refractivity contribution is 0.0836. The molecule has 0 N–H and O–H groups in total. The van der Waals surface area contributed by atoms with Crippen molar-refractivity contribution in [1.29, 1.82) is 0 Å². The molecule has 0 saturated heterocycles. The van der Waals surface area contributed by atoms with E-state index in [0.29, 0.717) is 25.3 Å². The molecule has 0 saturated carbocycles. The Balaban J connectivity index is 1.77. The molecule has 7 nitrogen and oxygen atoms in total. The predicted octanol–water partition coefficient (Wildman–Crippen LogP) is 2.21. The van der Waals surface area contributed by atoms with Crippen molar-refractivity contribution in [3.05, 3.63) is 40.8 Å². The van der Waals surface area contributed by atoms with Crippen LogP contribution in [-0.2, 0) is 6.54 Å². The van der Waals surface area contributed by atoms with E-state index in [1.54, 1.807) is 12.0 Å². The first-order chi connectivity index (χ1) is 12.5. The van der Waals surface area contributed by atoms with Crippen molar-refractivity contribution in [3.8, 4) is 5.75 Å². The van der Waals surface area contributed by atoms with E-state index >= 15 is 0 Å². The van der Waals surface area contributed by atoms with E-state index in [2.05, 4.69) is 16.0 Å². The van der Waals surface area contributed by atoms with E-state index in [0.717, 1.165) is 41.0 Å². The van der Waals surface area contributed by atoms with Crippen LogP contribution in [0.5, 0.6) is 5.75 Å². The van der Waals surface area contributed by atoms with Crippen LogP contribution < -0.4 is 9.64 Å². The third-order valence-corrected chi connectivity index (χ3v) is 5.02. The molecule has 2 aromatic rings. The number of methoxy groups -OCH3 is 1. The van der Waals surface area contributed by atoms with Crippen LogP contribution in [-0.4, -0.2) is 53.1 Å². The number of fused-ring (bicyclic) bond motifs is 3. The maximum Gasteiger partial charge on any atom is 0.281 e. The molecule has 26 heavy (non-hydrogen) atoms. The molecule has 7 heteroatoms. The number of aromatic nitrogens is 2. The number of ether oxygens (including phenoxy) is 1. The molecule has 4 rings (SSSR count). The summed E-state index contributed by atoms with van der Waals surface area (Å²) in [6.45, 7) is 8.61. The van der Waals surface area contributed by atoms with E-state index in [-0.39, 0.29) is 5.91 Å². The summed E-state index contributed by atoms with van der Waals surface area (Å²) in [5, 5.41) is 0. The van der Waals surface area contributed by atoms with Crippen LogP contribution in [0.4, 0.5) is 5.82 Å². The standard InChI is InChI=1S/C19H23N5O2/c1-5-22-18(25)16-17(23-9-8-20-19(22)23)21-13(3)24(16)11-14-6-7-15(26-4)12(2)10-14/h6-7,10H,5,8-9,11H2,1-4H3. The molecule has 0 aliphatic carbocycles. The summed E-state index contributed by atoms with van der Waals surface area (Å²) in [6.07, 6.45) is 0. The van der Waals surface area contributed by atoms with Crippen LogP contribution in [0.25, 0.3) is 0 Å². The minimum absolute atomic E-state index is 0.0229. The van der Waals surface area contributed by atoms with E-state index in [1.807, 2.05) is 37.5 Å². The fraction of sp³-hybridized carbons (Fsp3) is 0.421. The number of carbonyl (C=O) groups excluding carboxylic acids is 1. The lowest BCUT2D eigenvalue weighted by atomic mass is 10.1. The summed E-state index contributed by atoms with van der Waals surface area (Å²) in [6, 6.07) is 6.10. The second-order valence-corrected chi connectivity index (χ2v) is 6.60.